The van der Waals surface area contributed by atoms with Crippen LogP contribution in [0.4, 0.5) is 5.13 Å². The van der Waals surface area contributed by atoms with Crippen LogP contribution in [0.1, 0.15) is 5.56 Å². The molecule has 0 aliphatic carbocycles. The van der Waals surface area contributed by atoms with E-state index in [9.17, 15) is 18.5 Å². The third-order valence-corrected chi connectivity index (χ3v) is 6.15. The smallest absolute Gasteiger partial charge is 0.268 e. The van der Waals surface area contributed by atoms with Gasteiger partial charge in [-0.2, -0.15) is 14.6 Å². The maximum Gasteiger partial charge on any atom is 0.268 e. The average Bonchev–Trinajstić information content (AvgIpc) is 3.30. The number of benzene rings is 2. The third-order valence-electron chi connectivity index (χ3n) is 4.26. The number of amides is 1. The monoisotopic (exact) mass is 534 g/mol. The molecular formula is C22H19ClN4O6S2. The second kappa shape index (κ2) is 11.7. The number of hydrogen-bond acceptors (Lipinski definition) is 10. The van der Waals surface area contributed by atoms with Crippen LogP contribution in [0.2, 0.25) is 5.02 Å². The number of ether oxygens (including phenoxy) is 3. The maximum atomic E-state index is 12.4. The van der Waals surface area contributed by atoms with Gasteiger partial charge in [0.05, 0.1) is 12.1 Å². The number of carbonyl (C=O) groups is 1. The van der Waals surface area contributed by atoms with Crippen LogP contribution in [0, 0.1) is 11.3 Å². The van der Waals surface area contributed by atoms with E-state index in [1.165, 1.54) is 12.1 Å². The van der Waals surface area contributed by atoms with Crippen molar-refractivity contribution < 1.29 is 27.4 Å². The molecule has 3 aromatic rings. The number of halogens is 1. The van der Waals surface area contributed by atoms with Gasteiger partial charge in [0.15, 0.2) is 11.5 Å². The molecule has 0 bridgehead atoms. The lowest BCUT2D eigenvalue weighted by molar-refractivity contribution is -0.112. The van der Waals surface area contributed by atoms with Gasteiger partial charge in [-0.15, -0.1) is 0 Å². The fourth-order valence-corrected chi connectivity index (χ4v) is 4.34. The first-order chi connectivity index (χ1) is 16.7. The molecule has 0 unspecified atom stereocenters. The number of nitrogens with one attached hydrogen (secondary N) is 1. The normalized spacial score (nSPS) is 11.4. The Morgan fingerprint density at radius 1 is 1.17 bits per heavy atom. The summed E-state index contributed by atoms with van der Waals surface area (Å²) in [4.78, 5) is 16.1. The molecule has 182 valence electrons. The number of methoxy groups -OCH3 is 1. The van der Waals surface area contributed by atoms with Crippen LogP contribution in [0.3, 0.4) is 0 Å². The van der Waals surface area contributed by atoms with Gasteiger partial charge < -0.3 is 14.2 Å². The predicted octanol–water partition coefficient (Wildman–Crippen LogP) is 3.61. The van der Waals surface area contributed by atoms with Crippen molar-refractivity contribution >= 4 is 50.1 Å². The van der Waals surface area contributed by atoms with Crippen LogP contribution < -0.4 is 19.5 Å². The van der Waals surface area contributed by atoms with Crippen molar-refractivity contribution in [2.24, 2.45) is 0 Å². The first-order valence-corrected chi connectivity index (χ1v) is 12.9. The second-order valence-corrected chi connectivity index (χ2v) is 9.88. The molecule has 1 aromatic heterocycles. The van der Waals surface area contributed by atoms with Gasteiger partial charge in [-0.1, -0.05) is 29.8 Å². The molecule has 0 saturated heterocycles. The van der Waals surface area contributed by atoms with Crippen LogP contribution >= 0.6 is 23.1 Å². The zero-order chi connectivity index (χ0) is 25.4. The zero-order valence-electron chi connectivity index (χ0n) is 18.5. The highest BCUT2D eigenvalue weighted by Crippen LogP contribution is 2.28. The molecule has 0 aliphatic rings. The Bertz CT molecular complexity index is 1400. The molecule has 1 heterocycles. The lowest BCUT2D eigenvalue weighted by Gasteiger charge is -2.12. The van der Waals surface area contributed by atoms with Gasteiger partial charge in [-0.05, 0) is 35.9 Å². The molecule has 0 aliphatic heterocycles. The fourth-order valence-electron chi connectivity index (χ4n) is 2.66. The minimum absolute atomic E-state index is 0.0475. The highest BCUT2D eigenvalue weighted by atomic mass is 35.5. The molecule has 0 radical (unpaired) electrons. The van der Waals surface area contributed by atoms with Gasteiger partial charge in [0, 0.05) is 17.8 Å². The third kappa shape index (κ3) is 7.16. The molecule has 35 heavy (non-hydrogen) atoms. The van der Waals surface area contributed by atoms with Crippen LogP contribution in [0.5, 0.6) is 17.2 Å². The number of anilines is 1. The fraction of sp³-hybridized carbons (Fsp3) is 0.182. The number of sulfone groups is 1. The lowest BCUT2D eigenvalue weighted by Crippen LogP contribution is -2.13. The number of hydrogen-bond donors (Lipinski definition) is 1. The number of rotatable bonds is 10. The van der Waals surface area contributed by atoms with E-state index in [4.69, 9.17) is 25.8 Å². The van der Waals surface area contributed by atoms with Crippen molar-refractivity contribution in [3.63, 3.8) is 0 Å². The molecule has 1 amide bonds. The Labute approximate surface area is 210 Å². The van der Waals surface area contributed by atoms with Crippen molar-refractivity contribution in [3.8, 4) is 23.3 Å². The largest absolute Gasteiger partial charge is 0.493 e. The van der Waals surface area contributed by atoms with Crippen molar-refractivity contribution in [2.45, 2.75) is 5.16 Å². The summed E-state index contributed by atoms with van der Waals surface area (Å²) in [7, 11) is -2.05. The molecule has 0 spiro atoms. The molecule has 10 nitrogen and oxygen atoms in total. The van der Waals surface area contributed by atoms with Crippen molar-refractivity contribution in [2.75, 3.05) is 31.9 Å². The number of nitriles is 1. The predicted molar refractivity (Wildman–Crippen MR) is 131 cm³/mol. The Kier molecular flexibility index (Phi) is 8.64. The van der Waals surface area contributed by atoms with Gasteiger partial charge in [0.25, 0.3) is 11.1 Å². The lowest BCUT2D eigenvalue weighted by atomic mass is 10.1. The summed E-state index contributed by atoms with van der Waals surface area (Å²) in [5, 5.41) is 11.6. The first-order valence-electron chi connectivity index (χ1n) is 9.86. The SMILES string of the molecule is COc1ccccc1OCCOc1ccc(C=C(C#N)C(=O)Nc2nc(S(C)(=O)=O)ns2)cc1Cl. The average molecular weight is 535 g/mol. The van der Waals surface area contributed by atoms with Crippen molar-refractivity contribution in [1.29, 1.82) is 5.26 Å². The quantitative estimate of drug-likeness (QED) is 0.234. The summed E-state index contributed by atoms with van der Waals surface area (Å²) in [6.07, 6.45) is 2.28. The van der Waals surface area contributed by atoms with Gasteiger partial charge >= 0.3 is 0 Å². The second-order valence-electron chi connectivity index (χ2n) is 6.82. The molecule has 13 heteroatoms. The molecule has 3 rings (SSSR count). The highest BCUT2D eigenvalue weighted by Gasteiger charge is 2.17. The molecular weight excluding hydrogens is 516 g/mol. The summed E-state index contributed by atoms with van der Waals surface area (Å²) in [5.74, 6) is 0.834. The summed E-state index contributed by atoms with van der Waals surface area (Å²) in [6.45, 7) is 0.472. The van der Waals surface area contributed by atoms with Gasteiger partial charge in [0.2, 0.25) is 15.0 Å². The van der Waals surface area contributed by atoms with E-state index in [1.54, 1.807) is 37.4 Å². The van der Waals surface area contributed by atoms with E-state index in [-0.39, 0.29) is 28.9 Å². The Hall–Kier alpha value is -3.66. The standard InChI is InChI=1S/C22H19ClN4O6S2/c1-31-18-5-3-4-6-19(18)33-10-9-32-17-8-7-14(12-16(17)23)11-15(13-24)20(28)25-21-26-22(27-34-21)35(2,29)30/h3-8,11-12H,9-10H2,1-2H3,(H,25,26,27,28). The maximum absolute atomic E-state index is 12.4. The summed E-state index contributed by atoms with van der Waals surface area (Å²) < 4.78 is 43.1. The van der Waals surface area contributed by atoms with Crippen LogP contribution in [-0.4, -0.2) is 50.3 Å². The minimum Gasteiger partial charge on any atom is -0.493 e. The van der Waals surface area contributed by atoms with E-state index >= 15 is 0 Å². The van der Waals surface area contributed by atoms with E-state index < -0.39 is 20.9 Å². The highest BCUT2D eigenvalue weighted by molar-refractivity contribution is 7.90. The zero-order valence-corrected chi connectivity index (χ0v) is 20.9. The molecule has 2 aromatic carbocycles. The van der Waals surface area contributed by atoms with E-state index in [2.05, 4.69) is 14.7 Å². The Morgan fingerprint density at radius 2 is 1.86 bits per heavy atom. The molecule has 0 atom stereocenters. The van der Waals surface area contributed by atoms with Crippen LogP contribution in [0.25, 0.3) is 6.08 Å². The molecule has 1 N–H and O–H groups in total. The van der Waals surface area contributed by atoms with Crippen molar-refractivity contribution in [1.82, 2.24) is 9.36 Å². The minimum atomic E-state index is -3.61. The molecule has 0 fully saturated rings. The summed E-state index contributed by atoms with van der Waals surface area (Å²) in [6, 6.07) is 13.8. The van der Waals surface area contributed by atoms with Gasteiger partial charge in [-0.25, -0.2) is 8.42 Å². The number of para-hydroxylation sites is 2. The van der Waals surface area contributed by atoms with Gasteiger partial charge in [0.1, 0.15) is 30.6 Å². The molecule has 0 saturated carbocycles. The Balaban J connectivity index is 1.60. The van der Waals surface area contributed by atoms with Crippen molar-refractivity contribution in [3.05, 3.63) is 58.6 Å². The summed E-state index contributed by atoms with van der Waals surface area (Å²) >= 11 is 6.97. The Morgan fingerprint density at radius 3 is 2.46 bits per heavy atom. The first kappa shape index (κ1) is 26.0. The topological polar surface area (TPSA) is 140 Å². The number of nitrogens with zero attached hydrogens (tertiary/aromatic N) is 3. The van der Waals surface area contributed by atoms with E-state index in [1.807, 2.05) is 12.1 Å². The number of aromatic nitrogens is 2. The van der Waals surface area contributed by atoms with Crippen LogP contribution in [-0.2, 0) is 14.6 Å². The van der Waals surface area contributed by atoms with E-state index in [0.29, 0.717) is 34.3 Å². The van der Waals surface area contributed by atoms with Gasteiger partial charge in [-0.3, -0.25) is 10.1 Å². The number of carbonyl (C=O) groups excluding carboxylic acids is 1. The summed E-state index contributed by atoms with van der Waals surface area (Å²) in [5.41, 5.74) is 0.240. The van der Waals surface area contributed by atoms with Crippen LogP contribution in [0.15, 0.2) is 53.2 Å². The van der Waals surface area contributed by atoms with E-state index in [0.717, 1.165) is 6.26 Å².